The SMILES string of the molecule is CC#C/C(C)=C/C=C(\C)OCCOCCOCCOC. The Morgan fingerprint density at radius 1 is 0.900 bits per heavy atom. The predicted molar refractivity (Wildman–Crippen MR) is 80.4 cm³/mol. The zero-order valence-corrected chi connectivity index (χ0v) is 13.0. The molecule has 0 fully saturated rings. The van der Waals surface area contributed by atoms with Gasteiger partial charge in [0.05, 0.1) is 38.8 Å². The van der Waals surface area contributed by atoms with Gasteiger partial charge in [0.15, 0.2) is 0 Å². The molecule has 0 amide bonds. The smallest absolute Gasteiger partial charge is 0.111 e. The highest BCUT2D eigenvalue weighted by atomic mass is 16.6. The van der Waals surface area contributed by atoms with Gasteiger partial charge < -0.3 is 18.9 Å². The highest BCUT2D eigenvalue weighted by Gasteiger charge is 1.92. The van der Waals surface area contributed by atoms with Crippen molar-refractivity contribution in [1.29, 1.82) is 0 Å². The third-order valence-corrected chi connectivity index (χ3v) is 2.25. The first-order valence-electron chi connectivity index (χ1n) is 6.76. The van der Waals surface area contributed by atoms with Crippen LogP contribution in [0.2, 0.25) is 0 Å². The monoisotopic (exact) mass is 282 g/mol. The summed E-state index contributed by atoms with van der Waals surface area (Å²) < 4.78 is 21.0. The number of allylic oxidation sites excluding steroid dienone is 4. The molecule has 114 valence electrons. The van der Waals surface area contributed by atoms with Crippen LogP contribution in [0.3, 0.4) is 0 Å². The van der Waals surface area contributed by atoms with Crippen molar-refractivity contribution in [2.75, 3.05) is 46.8 Å². The summed E-state index contributed by atoms with van der Waals surface area (Å²) in [6, 6.07) is 0. The molecule has 0 bridgehead atoms. The topological polar surface area (TPSA) is 36.9 Å². The normalized spacial score (nSPS) is 12.0. The van der Waals surface area contributed by atoms with Gasteiger partial charge in [-0.2, -0.15) is 0 Å². The van der Waals surface area contributed by atoms with Crippen LogP contribution in [-0.2, 0) is 18.9 Å². The number of hydrogen-bond donors (Lipinski definition) is 0. The van der Waals surface area contributed by atoms with Gasteiger partial charge in [-0.05, 0) is 38.5 Å². The van der Waals surface area contributed by atoms with E-state index < -0.39 is 0 Å². The van der Waals surface area contributed by atoms with E-state index in [4.69, 9.17) is 18.9 Å². The lowest BCUT2D eigenvalue weighted by Crippen LogP contribution is -2.11. The van der Waals surface area contributed by atoms with Gasteiger partial charge in [0, 0.05) is 7.11 Å². The molecule has 0 radical (unpaired) electrons. The van der Waals surface area contributed by atoms with Gasteiger partial charge in [-0.1, -0.05) is 5.92 Å². The van der Waals surface area contributed by atoms with Crippen LogP contribution in [0.25, 0.3) is 0 Å². The van der Waals surface area contributed by atoms with E-state index in [1.54, 1.807) is 7.11 Å². The molecule has 20 heavy (non-hydrogen) atoms. The first-order chi connectivity index (χ1) is 9.70. The molecule has 0 N–H and O–H groups in total. The first kappa shape index (κ1) is 18.7. The fourth-order valence-corrected chi connectivity index (χ4v) is 1.26. The Morgan fingerprint density at radius 2 is 1.50 bits per heavy atom. The summed E-state index contributed by atoms with van der Waals surface area (Å²) in [7, 11) is 1.65. The fourth-order valence-electron chi connectivity index (χ4n) is 1.26. The van der Waals surface area contributed by atoms with E-state index in [1.165, 1.54) is 0 Å². The van der Waals surface area contributed by atoms with E-state index in [0.29, 0.717) is 39.6 Å². The van der Waals surface area contributed by atoms with Crippen LogP contribution in [0.4, 0.5) is 0 Å². The van der Waals surface area contributed by atoms with Gasteiger partial charge in [0.2, 0.25) is 0 Å². The average molecular weight is 282 g/mol. The highest BCUT2D eigenvalue weighted by molar-refractivity contribution is 5.29. The third-order valence-electron chi connectivity index (χ3n) is 2.25. The standard InChI is InChI=1S/C16H26O4/c1-5-6-15(2)7-8-16(3)20-14-13-19-12-11-18-10-9-17-4/h7-8H,9-14H2,1-4H3/b15-7+,16-8+. The molecule has 0 aromatic rings. The highest BCUT2D eigenvalue weighted by Crippen LogP contribution is 1.98. The largest absolute Gasteiger partial charge is 0.496 e. The number of rotatable bonds is 11. The predicted octanol–water partition coefficient (Wildman–Crippen LogP) is 2.56. The van der Waals surface area contributed by atoms with E-state index in [2.05, 4.69) is 11.8 Å². The average Bonchev–Trinajstić information content (AvgIpc) is 2.43. The number of hydrogen-bond acceptors (Lipinski definition) is 4. The van der Waals surface area contributed by atoms with Gasteiger partial charge >= 0.3 is 0 Å². The van der Waals surface area contributed by atoms with Crippen molar-refractivity contribution in [2.24, 2.45) is 0 Å². The lowest BCUT2D eigenvalue weighted by atomic mass is 10.3. The maximum Gasteiger partial charge on any atom is 0.111 e. The first-order valence-corrected chi connectivity index (χ1v) is 6.76. The lowest BCUT2D eigenvalue weighted by molar-refractivity contribution is 0.0122. The van der Waals surface area contributed by atoms with Crippen molar-refractivity contribution in [3.63, 3.8) is 0 Å². The summed E-state index contributed by atoms with van der Waals surface area (Å²) >= 11 is 0. The molecule has 0 rings (SSSR count). The quantitative estimate of drug-likeness (QED) is 0.253. The second-order valence-electron chi connectivity index (χ2n) is 4.07. The van der Waals surface area contributed by atoms with Crippen LogP contribution in [-0.4, -0.2) is 46.8 Å². The summed E-state index contributed by atoms with van der Waals surface area (Å²) in [5, 5.41) is 0. The minimum atomic E-state index is 0.534. The van der Waals surface area contributed by atoms with E-state index in [0.717, 1.165) is 11.3 Å². The molecule has 0 aliphatic carbocycles. The second kappa shape index (κ2) is 14.1. The molecule has 0 unspecified atom stereocenters. The Morgan fingerprint density at radius 3 is 2.10 bits per heavy atom. The van der Waals surface area contributed by atoms with Crippen molar-refractivity contribution in [3.8, 4) is 11.8 Å². The third kappa shape index (κ3) is 13.2. The molecule has 0 aromatic heterocycles. The van der Waals surface area contributed by atoms with E-state index in [-0.39, 0.29) is 0 Å². The van der Waals surface area contributed by atoms with Gasteiger partial charge in [-0.15, -0.1) is 5.92 Å². The summed E-state index contributed by atoms with van der Waals surface area (Å²) in [5.74, 6) is 6.67. The molecule has 0 heterocycles. The number of methoxy groups -OCH3 is 1. The molecular formula is C16H26O4. The Bertz CT molecular complexity index is 347. The van der Waals surface area contributed by atoms with Crippen molar-refractivity contribution >= 4 is 0 Å². The summed E-state index contributed by atoms with van der Waals surface area (Å²) in [6.07, 6.45) is 3.85. The Labute approximate surface area is 122 Å². The van der Waals surface area contributed by atoms with E-state index >= 15 is 0 Å². The zero-order valence-electron chi connectivity index (χ0n) is 13.0. The van der Waals surface area contributed by atoms with Crippen molar-refractivity contribution < 1.29 is 18.9 Å². The summed E-state index contributed by atoms with van der Waals surface area (Å²) in [6.45, 7) is 9.15. The van der Waals surface area contributed by atoms with Crippen LogP contribution >= 0.6 is 0 Å². The second-order valence-corrected chi connectivity index (χ2v) is 4.07. The molecule has 0 aromatic carbocycles. The Hall–Kier alpha value is -1.28. The summed E-state index contributed by atoms with van der Waals surface area (Å²) in [4.78, 5) is 0. The molecule has 0 atom stereocenters. The zero-order chi connectivity index (χ0) is 15.1. The van der Waals surface area contributed by atoms with Crippen LogP contribution in [0.5, 0.6) is 0 Å². The summed E-state index contributed by atoms with van der Waals surface area (Å²) in [5.41, 5.74) is 1.01. The lowest BCUT2D eigenvalue weighted by Gasteiger charge is -2.07. The van der Waals surface area contributed by atoms with Crippen LogP contribution in [0, 0.1) is 11.8 Å². The van der Waals surface area contributed by atoms with Crippen molar-refractivity contribution in [2.45, 2.75) is 20.8 Å². The molecule has 4 nitrogen and oxygen atoms in total. The number of ether oxygens (including phenoxy) is 4. The van der Waals surface area contributed by atoms with E-state index in [9.17, 15) is 0 Å². The Kier molecular flexibility index (Phi) is 13.2. The molecule has 0 spiro atoms. The molecule has 0 saturated carbocycles. The Balaban J connectivity index is 3.52. The van der Waals surface area contributed by atoms with Crippen LogP contribution < -0.4 is 0 Å². The van der Waals surface area contributed by atoms with Crippen molar-refractivity contribution in [3.05, 3.63) is 23.5 Å². The van der Waals surface area contributed by atoms with Gasteiger partial charge in [-0.25, -0.2) is 0 Å². The molecule has 0 saturated heterocycles. The molecule has 4 heteroatoms. The maximum atomic E-state index is 5.50. The van der Waals surface area contributed by atoms with Crippen molar-refractivity contribution in [1.82, 2.24) is 0 Å². The molecule has 0 aliphatic heterocycles. The van der Waals surface area contributed by atoms with E-state index in [1.807, 2.05) is 32.9 Å². The van der Waals surface area contributed by atoms with Gasteiger partial charge in [0.1, 0.15) is 6.61 Å². The maximum absolute atomic E-state index is 5.50. The van der Waals surface area contributed by atoms with Gasteiger partial charge in [0.25, 0.3) is 0 Å². The molecular weight excluding hydrogens is 256 g/mol. The minimum Gasteiger partial charge on any atom is -0.496 e. The molecule has 0 aliphatic rings. The fraction of sp³-hybridized carbons (Fsp3) is 0.625. The van der Waals surface area contributed by atoms with Crippen LogP contribution in [0.1, 0.15) is 20.8 Å². The van der Waals surface area contributed by atoms with Gasteiger partial charge in [-0.3, -0.25) is 0 Å². The van der Waals surface area contributed by atoms with Crippen LogP contribution in [0.15, 0.2) is 23.5 Å². The minimum absolute atomic E-state index is 0.534.